The lowest BCUT2D eigenvalue weighted by Crippen LogP contribution is -2.48. The molecule has 1 saturated heterocycles. The van der Waals surface area contributed by atoms with E-state index < -0.39 is 23.9 Å². The van der Waals surface area contributed by atoms with Crippen LogP contribution in [0, 0.1) is 23.2 Å². The third-order valence-corrected chi connectivity index (χ3v) is 8.66. The number of Topliss-reactive ketones (excluding diaryl/α,β-unsaturated/α-hetero) is 2. The predicted octanol–water partition coefficient (Wildman–Crippen LogP) is 3.76. The molecule has 45 heavy (non-hydrogen) atoms. The number of rotatable bonds is 17. The summed E-state index contributed by atoms with van der Waals surface area (Å²) in [6, 6.07) is 3.82. The van der Waals surface area contributed by atoms with E-state index in [9.17, 15) is 19.2 Å². The molecule has 3 atom stereocenters. The van der Waals surface area contributed by atoms with Gasteiger partial charge >= 0.3 is 0 Å². The lowest BCUT2D eigenvalue weighted by Gasteiger charge is -2.26. The van der Waals surface area contributed by atoms with Crippen molar-refractivity contribution in [2.75, 3.05) is 26.3 Å². The van der Waals surface area contributed by atoms with Crippen molar-refractivity contribution in [3.8, 4) is 0 Å². The molecule has 2 aromatic rings. The standard InChI is InChI=1S/C34H49N5O6/c1-22(2)16-27(36-33(43)29-20-26(45-38-29)21-39-12-14-44-15-13-39)30(40)19-25(18-24-6-10-35-11-7-24)32(42)37-28(17-23(3)4)31(41)34(5)8-9-34/h6-7,10-11,20,22-23,25,27-28H,8-9,12-19,21H2,1-5H3,(H,36,43)(H,37,42)/t25-,27+,28+/m1/s1. The molecule has 2 aliphatic rings. The maximum absolute atomic E-state index is 13.8. The van der Waals surface area contributed by atoms with Crippen LogP contribution in [0.4, 0.5) is 0 Å². The van der Waals surface area contributed by atoms with Crippen LogP contribution in [0.15, 0.2) is 35.1 Å². The van der Waals surface area contributed by atoms with Crippen molar-refractivity contribution in [2.24, 2.45) is 23.2 Å². The smallest absolute Gasteiger partial charge is 0.274 e. The number of nitrogens with zero attached hydrogens (tertiary/aromatic N) is 3. The summed E-state index contributed by atoms with van der Waals surface area (Å²) in [5.41, 5.74) is 0.576. The van der Waals surface area contributed by atoms with Gasteiger partial charge in [0.1, 0.15) is 0 Å². The fourth-order valence-corrected chi connectivity index (χ4v) is 5.74. The van der Waals surface area contributed by atoms with Gasteiger partial charge in [-0.2, -0.15) is 0 Å². The topological polar surface area (TPSA) is 144 Å². The van der Waals surface area contributed by atoms with E-state index in [1.165, 1.54) is 0 Å². The lowest BCUT2D eigenvalue weighted by molar-refractivity contribution is -0.134. The molecule has 0 unspecified atom stereocenters. The van der Waals surface area contributed by atoms with E-state index >= 15 is 0 Å². The molecular formula is C34H49N5O6. The molecule has 0 radical (unpaired) electrons. The van der Waals surface area contributed by atoms with Gasteiger partial charge in [0.25, 0.3) is 5.91 Å². The molecule has 0 spiro atoms. The zero-order valence-corrected chi connectivity index (χ0v) is 27.3. The molecule has 4 rings (SSSR count). The first-order chi connectivity index (χ1) is 21.4. The van der Waals surface area contributed by atoms with Crippen molar-refractivity contribution in [1.29, 1.82) is 0 Å². The zero-order chi connectivity index (χ0) is 32.6. The molecule has 2 amide bonds. The largest absolute Gasteiger partial charge is 0.379 e. The zero-order valence-electron chi connectivity index (χ0n) is 27.3. The molecular weight excluding hydrogens is 574 g/mol. The monoisotopic (exact) mass is 623 g/mol. The molecule has 2 aromatic heterocycles. The van der Waals surface area contributed by atoms with Crippen molar-refractivity contribution in [3.05, 3.63) is 47.6 Å². The van der Waals surface area contributed by atoms with Gasteiger partial charge in [-0.05, 0) is 61.6 Å². The number of pyridine rings is 1. The van der Waals surface area contributed by atoms with Crippen molar-refractivity contribution < 1.29 is 28.4 Å². The summed E-state index contributed by atoms with van der Waals surface area (Å²) < 4.78 is 10.8. The second-order valence-corrected chi connectivity index (χ2v) is 13.8. The molecule has 1 aliphatic carbocycles. The Balaban J connectivity index is 1.47. The van der Waals surface area contributed by atoms with Crippen molar-refractivity contribution >= 4 is 23.4 Å². The number of hydrogen-bond acceptors (Lipinski definition) is 9. The third kappa shape index (κ3) is 10.3. The van der Waals surface area contributed by atoms with Crippen LogP contribution >= 0.6 is 0 Å². The number of ether oxygens (including phenoxy) is 1. The van der Waals surface area contributed by atoms with Gasteiger partial charge < -0.3 is 19.9 Å². The van der Waals surface area contributed by atoms with Crippen LogP contribution in [-0.2, 0) is 32.1 Å². The molecule has 1 aliphatic heterocycles. The number of hydrogen-bond donors (Lipinski definition) is 2. The van der Waals surface area contributed by atoms with Gasteiger partial charge in [0.05, 0.1) is 31.8 Å². The Bertz CT molecular complexity index is 1300. The first-order valence-corrected chi connectivity index (χ1v) is 16.3. The Kier molecular flexibility index (Phi) is 12.0. The highest BCUT2D eigenvalue weighted by atomic mass is 16.5. The molecule has 246 valence electrons. The number of amides is 2. The Morgan fingerprint density at radius 1 is 0.956 bits per heavy atom. The molecule has 11 nitrogen and oxygen atoms in total. The van der Waals surface area contributed by atoms with Crippen LogP contribution in [0.2, 0.25) is 0 Å². The fourth-order valence-electron chi connectivity index (χ4n) is 5.74. The predicted molar refractivity (Wildman–Crippen MR) is 168 cm³/mol. The van der Waals surface area contributed by atoms with E-state index in [4.69, 9.17) is 9.26 Å². The molecule has 1 saturated carbocycles. The average molecular weight is 624 g/mol. The number of aromatic nitrogens is 2. The van der Waals surface area contributed by atoms with Crippen molar-refractivity contribution in [2.45, 2.75) is 91.8 Å². The number of carbonyl (C=O) groups is 4. The van der Waals surface area contributed by atoms with E-state index in [0.717, 1.165) is 31.5 Å². The first kappa shape index (κ1) is 34.4. The highest BCUT2D eigenvalue weighted by Crippen LogP contribution is 2.47. The number of ketones is 2. The summed E-state index contributed by atoms with van der Waals surface area (Å²) in [5.74, 6) is -0.870. The normalized spacial score (nSPS) is 18.3. The van der Waals surface area contributed by atoms with Crippen LogP contribution in [0.5, 0.6) is 0 Å². The van der Waals surface area contributed by atoms with Crippen molar-refractivity contribution in [3.63, 3.8) is 0 Å². The highest BCUT2D eigenvalue weighted by Gasteiger charge is 2.48. The molecule has 0 bridgehead atoms. The van der Waals surface area contributed by atoms with Gasteiger partial charge in [-0.1, -0.05) is 39.8 Å². The average Bonchev–Trinajstić information content (AvgIpc) is 3.58. The van der Waals surface area contributed by atoms with Gasteiger partial charge in [-0.3, -0.25) is 29.1 Å². The lowest BCUT2D eigenvalue weighted by atomic mass is 9.87. The Morgan fingerprint density at radius 3 is 2.22 bits per heavy atom. The fraction of sp³-hybridized carbons (Fsp3) is 0.647. The summed E-state index contributed by atoms with van der Waals surface area (Å²) in [6.07, 6.45) is 6.10. The minimum absolute atomic E-state index is 0.0593. The Hall–Kier alpha value is -3.44. The van der Waals surface area contributed by atoms with Gasteiger partial charge in [-0.15, -0.1) is 0 Å². The maximum Gasteiger partial charge on any atom is 0.274 e. The van der Waals surface area contributed by atoms with E-state index in [0.29, 0.717) is 44.8 Å². The minimum atomic E-state index is -0.817. The summed E-state index contributed by atoms with van der Waals surface area (Å²) in [7, 11) is 0. The van der Waals surface area contributed by atoms with E-state index in [1.54, 1.807) is 18.5 Å². The molecule has 0 aromatic carbocycles. The second-order valence-electron chi connectivity index (χ2n) is 13.8. The third-order valence-electron chi connectivity index (χ3n) is 8.66. The van der Waals surface area contributed by atoms with Crippen LogP contribution in [-0.4, -0.2) is 76.8 Å². The van der Waals surface area contributed by atoms with Crippen LogP contribution in [0.25, 0.3) is 0 Å². The second kappa shape index (κ2) is 15.7. The Labute approximate surface area is 266 Å². The minimum Gasteiger partial charge on any atom is -0.379 e. The van der Waals surface area contributed by atoms with E-state index in [-0.39, 0.29) is 46.8 Å². The summed E-state index contributed by atoms with van der Waals surface area (Å²) in [6.45, 7) is 13.3. The molecule has 2 N–H and O–H groups in total. The quantitative estimate of drug-likeness (QED) is 0.269. The molecule has 2 fully saturated rings. The van der Waals surface area contributed by atoms with Crippen LogP contribution in [0.3, 0.4) is 0 Å². The summed E-state index contributed by atoms with van der Waals surface area (Å²) in [5, 5.41) is 9.84. The van der Waals surface area contributed by atoms with Crippen LogP contribution in [0.1, 0.15) is 88.5 Å². The van der Waals surface area contributed by atoms with Gasteiger partial charge in [0.2, 0.25) is 5.91 Å². The molecule has 3 heterocycles. The first-order valence-electron chi connectivity index (χ1n) is 16.3. The maximum atomic E-state index is 13.8. The SMILES string of the molecule is CC(C)C[C@H](NC(=O)c1cc(CN2CCOCC2)on1)C(=O)C[C@@H](Cc1ccncc1)C(=O)N[C@@H](CC(C)C)C(=O)C1(C)CC1. The highest BCUT2D eigenvalue weighted by molar-refractivity contribution is 5.98. The summed E-state index contributed by atoms with van der Waals surface area (Å²) >= 11 is 0. The number of carbonyl (C=O) groups excluding carboxylic acids is 4. The number of nitrogens with one attached hydrogen (secondary N) is 2. The van der Waals surface area contributed by atoms with E-state index in [2.05, 4.69) is 25.7 Å². The van der Waals surface area contributed by atoms with E-state index in [1.807, 2.05) is 46.8 Å². The van der Waals surface area contributed by atoms with Crippen LogP contribution < -0.4 is 10.6 Å². The number of morpholine rings is 1. The van der Waals surface area contributed by atoms with Crippen molar-refractivity contribution in [1.82, 2.24) is 25.7 Å². The molecule has 11 heteroatoms. The van der Waals surface area contributed by atoms with Gasteiger partial charge in [0.15, 0.2) is 23.0 Å². The van der Waals surface area contributed by atoms with Gasteiger partial charge in [0, 0.05) is 49.3 Å². The summed E-state index contributed by atoms with van der Waals surface area (Å²) in [4.78, 5) is 60.5. The van der Waals surface area contributed by atoms with Gasteiger partial charge in [-0.25, -0.2) is 0 Å². The Morgan fingerprint density at radius 2 is 1.60 bits per heavy atom.